The van der Waals surface area contributed by atoms with E-state index in [9.17, 15) is 9.59 Å². The van der Waals surface area contributed by atoms with E-state index in [4.69, 9.17) is 4.42 Å². The summed E-state index contributed by atoms with van der Waals surface area (Å²) in [5, 5.41) is 11.9. The highest BCUT2D eigenvalue weighted by Crippen LogP contribution is 2.24. The van der Waals surface area contributed by atoms with Crippen LogP contribution in [0, 0.1) is 0 Å². The van der Waals surface area contributed by atoms with Gasteiger partial charge in [-0.15, -0.1) is 10.2 Å². The highest BCUT2D eigenvalue weighted by atomic mass is 32.2. The molecule has 0 aliphatic heterocycles. The van der Waals surface area contributed by atoms with Crippen molar-refractivity contribution in [3.05, 3.63) is 47.1 Å². The number of imidazole rings is 1. The molecule has 0 atom stereocenters. The number of hydrogen-bond acceptors (Lipinski definition) is 6. The fourth-order valence-corrected chi connectivity index (χ4v) is 3.98. The highest BCUT2D eigenvalue weighted by molar-refractivity contribution is 7.99. The minimum atomic E-state index is -0.166. The standard InChI is InChI=1S/C19H20N6O3S/c1-4-25-17(15-6-5-9-28-15)21-22-18(25)29-11-16(26)20-12-7-8-13-14(10-12)24(3)19(27)23(13)2/h5-10H,4,11H2,1-3H3,(H,20,26). The summed E-state index contributed by atoms with van der Waals surface area (Å²) in [5.41, 5.74) is 2.10. The molecule has 1 aromatic carbocycles. The summed E-state index contributed by atoms with van der Waals surface area (Å²) >= 11 is 1.31. The number of thioether (sulfide) groups is 1. The Labute approximate surface area is 170 Å². The molecule has 0 aliphatic carbocycles. The normalized spacial score (nSPS) is 11.3. The molecule has 3 heterocycles. The van der Waals surface area contributed by atoms with Crippen LogP contribution in [-0.4, -0.2) is 35.6 Å². The van der Waals surface area contributed by atoms with Gasteiger partial charge in [0.2, 0.25) is 5.91 Å². The van der Waals surface area contributed by atoms with Gasteiger partial charge in [-0.1, -0.05) is 11.8 Å². The molecule has 4 rings (SSSR count). The van der Waals surface area contributed by atoms with Crippen molar-refractivity contribution in [2.45, 2.75) is 18.6 Å². The van der Waals surface area contributed by atoms with E-state index in [0.717, 1.165) is 11.0 Å². The molecule has 9 nitrogen and oxygen atoms in total. The van der Waals surface area contributed by atoms with Gasteiger partial charge in [0.1, 0.15) is 0 Å². The van der Waals surface area contributed by atoms with Crippen LogP contribution in [-0.2, 0) is 25.4 Å². The lowest BCUT2D eigenvalue weighted by Gasteiger charge is -2.07. The summed E-state index contributed by atoms with van der Waals surface area (Å²) < 4.78 is 10.4. The second kappa shape index (κ2) is 7.63. The van der Waals surface area contributed by atoms with Crippen LogP contribution in [0.25, 0.3) is 22.6 Å². The van der Waals surface area contributed by atoms with E-state index in [-0.39, 0.29) is 17.3 Å². The van der Waals surface area contributed by atoms with Gasteiger partial charge in [0.15, 0.2) is 16.7 Å². The van der Waals surface area contributed by atoms with E-state index in [1.54, 1.807) is 47.7 Å². The second-order valence-corrected chi connectivity index (χ2v) is 7.41. The lowest BCUT2D eigenvalue weighted by Crippen LogP contribution is -2.19. The number of carbonyl (C=O) groups is 1. The summed E-state index contributed by atoms with van der Waals surface area (Å²) in [6.07, 6.45) is 1.59. The molecule has 1 amide bonds. The predicted octanol–water partition coefficient (Wildman–Crippen LogP) is 2.48. The molecule has 0 aliphatic rings. The summed E-state index contributed by atoms with van der Waals surface area (Å²) in [7, 11) is 3.43. The molecule has 150 valence electrons. The fraction of sp³-hybridized carbons (Fsp3) is 0.263. The van der Waals surface area contributed by atoms with E-state index in [2.05, 4.69) is 15.5 Å². The minimum Gasteiger partial charge on any atom is -0.461 e. The first-order chi connectivity index (χ1) is 14.0. The maximum Gasteiger partial charge on any atom is 0.328 e. The molecule has 0 fully saturated rings. The monoisotopic (exact) mass is 412 g/mol. The summed E-state index contributed by atoms with van der Waals surface area (Å²) in [4.78, 5) is 24.5. The van der Waals surface area contributed by atoms with Crippen LogP contribution in [0.4, 0.5) is 5.69 Å². The summed E-state index contributed by atoms with van der Waals surface area (Å²) in [6.45, 7) is 2.64. The van der Waals surface area contributed by atoms with Gasteiger partial charge >= 0.3 is 5.69 Å². The summed E-state index contributed by atoms with van der Waals surface area (Å²) in [5.74, 6) is 1.29. The van der Waals surface area contributed by atoms with Gasteiger partial charge < -0.3 is 9.73 Å². The van der Waals surface area contributed by atoms with E-state index < -0.39 is 0 Å². The van der Waals surface area contributed by atoms with Crippen LogP contribution in [0.2, 0.25) is 0 Å². The van der Waals surface area contributed by atoms with Gasteiger partial charge in [-0.05, 0) is 37.3 Å². The van der Waals surface area contributed by atoms with Crippen LogP contribution in [0.1, 0.15) is 6.92 Å². The topological polar surface area (TPSA) is 99.9 Å². The van der Waals surface area contributed by atoms with Crippen molar-refractivity contribution >= 4 is 34.4 Å². The molecular formula is C19H20N6O3S. The van der Waals surface area contributed by atoms with E-state index in [0.29, 0.717) is 29.0 Å². The molecule has 1 N–H and O–H groups in total. The molecule has 0 bridgehead atoms. The van der Waals surface area contributed by atoms with Gasteiger partial charge in [0, 0.05) is 26.3 Å². The number of fused-ring (bicyclic) bond motifs is 1. The number of benzene rings is 1. The highest BCUT2D eigenvalue weighted by Gasteiger charge is 2.16. The van der Waals surface area contributed by atoms with E-state index >= 15 is 0 Å². The number of nitrogens with zero attached hydrogens (tertiary/aromatic N) is 5. The number of anilines is 1. The van der Waals surface area contributed by atoms with Crippen LogP contribution in [0.15, 0.2) is 51.0 Å². The van der Waals surface area contributed by atoms with Crippen molar-refractivity contribution in [3.63, 3.8) is 0 Å². The lowest BCUT2D eigenvalue weighted by molar-refractivity contribution is -0.113. The quantitative estimate of drug-likeness (QED) is 0.489. The number of furan rings is 1. The Morgan fingerprint density at radius 3 is 2.69 bits per heavy atom. The molecule has 3 aromatic heterocycles. The Kier molecular flexibility index (Phi) is 5.01. The molecule has 4 aromatic rings. The molecular weight excluding hydrogens is 392 g/mol. The number of aryl methyl sites for hydroxylation is 2. The van der Waals surface area contributed by atoms with Crippen molar-refractivity contribution in [1.29, 1.82) is 0 Å². The van der Waals surface area contributed by atoms with Crippen LogP contribution in [0.3, 0.4) is 0 Å². The maximum absolute atomic E-state index is 12.4. The van der Waals surface area contributed by atoms with Crippen molar-refractivity contribution in [2.24, 2.45) is 14.1 Å². The Bertz CT molecular complexity index is 1240. The van der Waals surface area contributed by atoms with Crippen molar-refractivity contribution < 1.29 is 9.21 Å². The van der Waals surface area contributed by atoms with Gasteiger partial charge in [-0.25, -0.2) is 4.79 Å². The molecule has 0 radical (unpaired) electrons. The van der Waals surface area contributed by atoms with Crippen LogP contribution in [0.5, 0.6) is 0 Å². The number of amides is 1. The third kappa shape index (κ3) is 3.46. The zero-order chi connectivity index (χ0) is 20.5. The van der Waals surface area contributed by atoms with Crippen molar-refractivity contribution in [1.82, 2.24) is 23.9 Å². The van der Waals surface area contributed by atoms with Crippen molar-refractivity contribution in [2.75, 3.05) is 11.1 Å². The van der Waals surface area contributed by atoms with E-state index in [1.807, 2.05) is 23.6 Å². The maximum atomic E-state index is 12.4. The van der Waals surface area contributed by atoms with Gasteiger partial charge in [0.25, 0.3) is 0 Å². The van der Waals surface area contributed by atoms with Crippen LogP contribution >= 0.6 is 11.8 Å². The number of hydrogen-bond donors (Lipinski definition) is 1. The first-order valence-corrected chi connectivity index (χ1v) is 10.0. The molecule has 0 unspecified atom stereocenters. The average molecular weight is 412 g/mol. The third-order valence-corrected chi connectivity index (χ3v) is 5.63. The molecule has 29 heavy (non-hydrogen) atoms. The van der Waals surface area contributed by atoms with E-state index in [1.165, 1.54) is 11.8 Å². The molecule has 0 spiro atoms. The Morgan fingerprint density at radius 2 is 1.97 bits per heavy atom. The number of rotatable bonds is 6. The third-order valence-electron chi connectivity index (χ3n) is 4.66. The van der Waals surface area contributed by atoms with Gasteiger partial charge in [0.05, 0.1) is 23.0 Å². The Balaban J connectivity index is 1.46. The SMILES string of the molecule is CCn1c(SCC(=O)Nc2ccc3c(c2)n(C)c(=O)n3C)nnc1-c1ccco1. The average Bonchev–Trinajstić information content (AvgIpc) is 3.43. The molecule has 10 heteroatoms. The Hall–Kier alpha value is -3.27. The smallest absolute Gasteiger partial charge is 0.328 e. The lowest BCUT2D eigenvalue weighted by atomic mass is 10.2. The zero-order valence-corrected chi connectivity index (χ0v) is 17.1. The Morgan fingerprint density at radius 1 is 1.17 bits per heavy atom. The zero-order valence-electron chi connectivity index (χ0n) is 16.2. The van der Waals surface area contributed by atoms with Crippen molar-refractivity contribution in [3.8, 4) is 11.6 Å². The minimum absolute atomic E-state index is 0.106. The molecule has 0 saturated heterocycles. The first-order valence-electron chi connectivity index (χ1n) is 9.04. The number of aromatic nitrogens is 5. The summed E-state index contributed by atoms with van der Waals surface area (Å²) in [6, 6.07) is 9.02. The fourth-order valence-electron chi connectivity index (χ4n) is 3.18. The first kappa shape index (κ1) is 19.1. The van der Waals surface area contributed by atoms with Gasteiger partial charge in [-0.3, -0.25) is 18.5 Å². The number of nitrogens with one attached hydrogen (secondary N) is 1. The second-order valence-electron chi connectivity index (χ2n) is 6.47. The predicted molar refractivity (Wildman–Crippen MR) is 111 cm³/mol. The largest absolute Gasteiger partial charge is 0.461 e. The molecule has 0 saturated carbocycles. The number of carbonyl (C=O) groups excluding carboxylic acids is 1. The van der Waals surface area contributed by atoms with Crippen LogP contribution < -0.4 is 11.0 Å². The van der Waals surface area contributed by atoms with Gasteiger partial charge in [-0.2, -0.15) is 0 Å².